The minimum atomic E-state index is -1.76. The average Bonchev–Trinajstić information content (AvgIpc) is 3.03. The molecule has 5 rings (SSSR count). The van der Waals surface area contributed by atoms with Gasteiger partial charge >= 0.3 is 5.97 Å². The summed E-state index contributed by atoms with van der Waals surface area (Å²) >= 11 is 0. The summed E-state index contributed by atoms with van der Waals surface area (Å²) in [5.41, 5.74) is 0.217. The van der Waals surface area contributed by atoms with Crippen LogP contribution in [0.15, 0.2) is 0 Å². The van der Waals surface area contributed by atoms with E-state index >= 15 is 0 Å². The van der Waals surface area contributed by atoms with Gasteiger partial charge in [0.05, 0.1) is 6.10 Å². The first kappa shape index (κ1) is 21.9. The second kappa shape index (κ2) is 7.55. The molecular weight excluding hydrogens is 392 g/mol. The Morgan fingerprint density at radius 2 is 1.84 bits per heavy atom. The molecule has 1 N–H and O–H groups in total. The molecule has 0 radical (unpaired) electrons. The van der Waals surface area contributed by atoms with E-state index in [1.54, 1.807) is 0 Å². The fourth-order valence-corrected chi connectivity index (χ4v) is 8.57. The molecule has 0 aromatic heterocycles. The molecule has 4 aliphatic carbocycles. The molecule has 0 amide bonds. The maximum Gasteiger partial charge on any atom is 0.366 e. The third-order valence-corrected chi connectivity index (χ3v) is 10.4. The van der Waals surface area contributed by atoms with Crippen LogP contribution in [-0.4, -0.2) is 34.9 Å². The second-order valence-electron chi connectivity index (χ2n) is 12.0. The number of carbonyl (C=O) groups excluding carboxylic acids is 2. The molecule has 0 unspecified atom stereocenters. The van der Waals surface area contributed by atoms with Crippen LogP contribution >= 0.6 is 0 Å². The first-order chi connectivity index (χ1) is 14.7. The van der Waals surface area contributed by atoms with Crippen LogP contribution in [0.25, 0.3) is 0 Å². The summed E-state index contributed by atoms with van der Waals surface area (Å²) in [4.78, 5) is 25.4. The predicted molar refractivity (Wildman–Crippen MR) is 116 cm³/mol. The third kappa shape index (κ3) is 3.40. The van der Waals surface area contributed by atoms with Gasteiger partial charge in [-0.3, -0.25) is 4.79 Å². The average molecular weight is 433 g/mol. The van der Waals surface area contributed by atoms with Crippen molar-refractivity contribution in [3.63, 3.8) is 0 Å². The number of aliphatic hydroxyl groups is 1. The highest BCUT2D eigenvalue weighted by molar-refractivity contribution is 5.87. The highest BCUT2D eigenvalue weighted by atomic mass is 16.7. The van der Waals surface area contributed by atoms with E-state index in [0.717, 1.165) is 51.4 Å². The summed E-state index contributed by atoms with van der Waals surface area (Å²) in [7, 11) is 0. The fraction of sp³-hybridized carbons (Fsp3) is 0.923. The molecule has 5 nitrogen and oxygen atoms in total. The number of hydrogen-bond donors (Lipinski definition) is 1. The predicted octanol–water partition coefficient (Wildman–Crippen LogP) is 4.79. The highest BCUT2D eigenvalue weighted by Crippen LogP contribution is 2.65. The molecule has 1 saturated heterocycles. The lowest BCUT2D eigenvalue weighted by molar-refractivity contribution is -0.262. The quantitative estimate of drug-likeness (QED) is 0.635. The SMILES string of the molecule is C[C@@H]1CCC[C@](O)(C(=O)O[C@@H]2CC[C@@]3(C)[C@H](CC[C@@H]4[C@@H]3CC[C@]3(C)C(=O)CC[C@@H]43)C2)O1. The molecule has 0 aromatic carbocycles. The second-order valence-corrected chi connectivity index (χ2v) is 12.0. The topological polar surface area (TPSA) is 72.8 Å². The third-order valence-electron chi connectivity index (χ3n) is 10.4. The van der Waals surface area contributed by atoms with Gasteiger partial charge in [-0.25, -0.2) is 4.79 Å². The molecule has 1 aliphatic heterocycles. The number of esters is 1. The Morgan fingerprint density at radius 3 is 2.61 bits per heavy atom. The van der Waals surface area contributed by atoms with Crippen molar-refractivity contribution in [3.05, 3.63) is 0 Å². The Hall–Kier alpha value is -0.940. The normalized spacial score (nSPS) is 52.1. The summed E-state index contributed by atoms with van der Waals surface area (Å²) < 4.78 is 11.4. The minimum absolute atomic E-state index is 0.0658. The standard InChI is InChI=1S/C26H40O5/c1-16-5-4-12-26(29,31-16)23(28)30-18-10-13-24(2)17(15-18)6-7-19-20-8-9-22(27)25(20,3)14-11-21(19)24/h16-21,29H,4-15H2,1-3H3/t16-,17-,18-,19+,20+,21+,24+,25+,26-/m1/s1. The lowest BCUT2D eigenvalue weighted by Crippen LogP contribution is -2.55. The van der Waals surface area contributed by atoms with Crippen LogP contribution in [0, 0.1) is 34.5 Å². The summed E-state index contributed by atoms with van der Waals surface area (Å²) in [5, 5.41) is 10.7. The highest BCUT2D eigenvalue weighted by Gasteiger charge is 2.60. The zero-order valence-electron chi connectivity index (χ0n) is 19.5. The van der Waals surface area contributed by atoms with Crippen molar-refractivity contribution in [1.82, 2.24) is 0 Å². The van der Waals surface area contributed by atoms with Crippen molar-refractivity contribution in [2.24, 2.45) is 34.5 Å². The number of hydrogen-bond acceptors (Lipinski definition) is 5. The van der Waals surface area contributed by atoms with Gasteiger partial charge in [-0.05, 0) is 100 Å². The van der Waals surface area contributed by atoms with Crippen LogP contribution in [0.4, 0.5) is 0 Å². The maximum atomic E-state index is 12.8. The van der Waals surface area contributed by atoms with Crippen molar-refractivity contribution in [3.8, 4) is 0 Å². The van der Waals surface area contributed by atoms with Crippen molar-refractivity contribution < 1.29 is 24.2 Å². The van der Waals surface area contributed by atoms with Crippen molar-refractivity contribution in [1.29, 1.82) is 0 Å². The number of ether oxygens (including phenoxy) is 2. The largest absolute Gasteiger partial charge is 0.458 e. The van der Waals surface area contributed by atoms with Crippen molar-refractivity contribution >= 4 is 11.8 Å². The van der Waals surface area contributed by atoms with Crippen LogP contribution in [0.3, 0.4) is 0 Å². The van der Waals surface area contributed by atoms with Gasteiger partial charge in [0.15, 0.2) is 0 Å². The van der Waals surface area contributed by atoms with Crippen LogP contribution < -0.4 is 0 Å². The van der Waals surface area contributed by atoms with Crippen molar-refractivity contribution in [2.75, 3.05) is 0 Å². The first-order valence-electron chi connectivity index (χ1n) is 12.8. The molecule has 9 atom stereocenters. The molecule has 5 aliphatic rings. The Labute approximate surface area is 186 Å². The van der Waals surface area contributed by atoms with Gasteiger partial charge in [0, 0.05) is 18.3 Å². The van der Waals surface area contributed by atoms with E-state index < -0.39 is 11.8 Å². The zero-order chi connectivity index (χ0) is 22.0. The van der Waals surface area contributed by atoms with Gasteiger partial charge in [-0.2, -0.15) is 0 Å². The van der Waals surface area contributed by atoms with Gasteiger partial charge < -0.3 is 14.6 Å². The Balaban J connectivity index is 1.25. The first-order valence-corrected chi connectivity index (χ1v) is 12.8. The molecule has 4 saturated carbocycles. The Morgan fingerprint density at radius 1 is 1.03 bits per heavy atom. The van der Waals surface area contributed by atoms with Gasteiger partial charge in [-0.15, -0.1) is 0 Å². The van der Waals surface area contributed by atoms with Crippen LogP contribution in [0.5, 0.6) is 0 Å². The smallest absolute Gasteiger partial charge is 0.366 e. The molecule has 5 heteroatoms. The number of ketones is 1. The lowest BCUT2D eigenvalue weighted by Gasteiger charge is -2.60. The van der Waals surface area contributed by atoms with Crippen LogP contribution in [-0.2, 0) is 19.1 Å². The zero-order valence-corrected chi connectivity index (χ0v) is 19.5. The summed E-state index contributed by atoms with van der Waals surface area (Å²) in [6.07, 6.45) is 11.1. The van der Waals surface area contributed by atoms with E-state index in [4.69, 9.17) is 9.47 Å². The summed E-state index contributed by atoms with van der Waals surface area (Å²) in [5.74, 6) is 0.672. The van der Waals surface area contributed by atoms with Gasteiger partial charge in [0.25, 0.3) is 5.79 Å². The van der Waals surface area contributed by atoms with Gasteiger partial charge in [-0.1, -0.05) is 13.8 Å². The number of Topliss-reactive ketones (excluding diaryl/α,β-unsaturated/α-hetero) is 1. The van der Waals surface area contributed by atoms with Crippen LogP contribution in [0.2, 0.25) is 0 Å². The minimum Gasteiger partial charge on any atom is -0.458 e. The fourth-order valence-electron chi connectivity index (χ4n) is 8.57. The van der Waals surface area contributed by atoms with E-state index in [9.17, 15) is 14.7 Å². The van der Waals surface area contributed by atoms with Gasteiger partial charge in [0.1, 0.15) is 11.9 Å². The summed E-state index contributed by atoms with van der Waals surface area (Å²) in [6, 6.07) is 0. The van der Waals surface area contributed by atoms with Crippen LogP contribution in [0.1, 0.15) is 97.8 Å². The molecule has 31 heavy (non-hydrogen) atoms. The van der Waals surface area contributed by atoms with Gasteiger partial charge in [0.2, 0.25) is 0 Å². The molecule has 5 fully saturated rings. The molecule has 0 bridgehead atoms. The van der Waals surface area contributed by atoms with E-state index in [2.05, 4.69) is 13.8 Å². The monoisotopic (exact) mass is 432 g/mol. The van der Waals surface area contributed by atoms with E-state index in [0.29, 0.717) is 35.9 Å². The van der Waals surface area contributed by atoms with E-state index in [1.165, 1.54) is 19.3 Å². The molecule has 174 valence electrons. The number of fused-ring (bicyclic) bond motifs is 5. The molecule has 0 spiro atoms. The Kier molecular flexibility index (Phi) is 5.33. The Bertz CT molecular complexity index is 750. The molecular formula is C26H40O5. The number of carbonyl (C=O) groups is 2. The number of rotatable bonds is 2. The molecule has 1 heterocycles. The van der Waals surface area contributed by atoms with E-state index in [1.807, 2.05) is 6.92 Å². The molecule has 0 aromatic rings. The van der Waals surface area contributed by atoms with Crippen molar-refractivity contribution in [2.45, 2.75) is 116 Å². The maximum absolute atomic E-state index is 12.8. The van der Waals surface area contributed by atoms with E-state index in [-0.39, 0.29) is 23.0 Å². The lowest BCUT2D eigenvalue weighted by atomic mass is 9.45. The summed E-state index contributed by atoms with van der Waals surface area (Å²) in [6.45, 7) is 6.62.